The minimum atomic E-state index is -0.682. The molecular formula is C25H30N2O2S. The van der Waals surface area contributed by atoms with Crippen LogP contribution in [0.1, 0.15) is 54.9 Å². The molecule has 158 valence electrons. The lowest BCUT2D eigenvalue weighted by atomic mass is 9.75. The number of phenolic OH excluding ortho intramolecular Hbond substituents is 1. The Hall–Kier alpha value is -2.40. The molecule has 0 aliphatic carbocycles. The molecule has 1 spiro atoms. The summed E-state index contributed by atoms with van der Waals surface area (Å²) < 4.78 is 6.63. The van der Waals surface area contributed by atoms with Crippen molar-refractivity contribution < 1.29 is 9.84 Å². The number of rotatable bonds is 3. The zero-order valence-corrected chi connectivity index (χ0v) is 19.0. The maximum atomic E-state index is 10.3. The van der Waals surface area contributed by atoms with Crippen LogP contribution < -0.4 is 10.1 Å². The summed E-state index contributed by atoms with van der Waals surface area (Å²) in [7, 11) is 0. The van der Waals surface area contributed by atoms with Gasteiger partial charge in [0.05, 0.1) is 0 Å². The van der Waals surface area contributed by atoms with Crippen LogP contribution in [0.15, 0.2) is 54.0 Å². The largest absolute Gasteiger partial charge is 0.508 e. The van der Waals surface area contributed by atoms with Crippen molar-refractivity contribution in [1.29, 1.82) is 0 Å². The Morgan fingerprint density at radius 2 is 2.03 bits per heavy atom. The van der Waals surface area contributed by atoms with Crippen LogP contribution >= 0.6 is 11.8 Å². The first-order chi connectivity index (χ1) is 14.2. The van der Waals surface area contributed by atoms with Gasteiger partial charge in [-0.05, 0) is 50.5 Å². The zero-order chi connectivity index (χ0) is 21.5. The lowest BCUT2D eigenvalue weighted by Gasteiger charge is -2.47. The molecule has 2 heterocycles. The number of benzene rings is 2. The number of hydrogen-bond acceptors (Lipinski definition) is 5. The van der Waals surface area contributed by atoms with E-state index < -0.39 is 5.72 Å². The number of amidine groups is 1. The Morgan fingerprint density at radius 1 is 1.27 bits per heavy atom. The second kappa shape index (κ2) is 7.69. The van der Waals surface area contributed by atoms with E-state index in [0.717, 1.165) is 40.6 Å². The topological polar surface area (TPSA) is 53.9 Å². The summed E-state index contributed by atoms with van der Waals surface area (Å²) in [6, 6.07) is 12.1. The van der Waals surface area contributed by atoms with Crippen molar-refractivity contribution in [3.63, 3.8) is 0 Å². The van der Waals surface area contributed by atoms with Gasteiger partial charge in [-0.15, -0.1) is 6.58 Å². The van der Waals surface area contributed by atoms with Crippen molar-refractivity contribution in [2.45, 2.75) is 57.7 Å². The number of phenols is 1. The van der Waals surface area contributed by atoms with Crippen LogP contribution in [0.5, 0.6) is 11.5 Å². The minimum absolute atomic E-state index is 0.152. The number of aliphatic imine (C=N–C) groups is 1. The first kappa shape index (κ1) is 20.9. The first-order valence-electron chi connectivity index (χ1n) is 10.4. The van der Waals surface area contributed by atoms with Crippen molar-refractivity contribution in [3.8, 4) is 11.5 Å². The molecule has 4 nitrogen and oxygen atoms in total. The molecular weight excluding hydrogens is 392 g/mol. The molecule has 0 fully saturated rings. The fourth-order valence-electron chi connectivity index (χ4n) is 4.85. The Morgan fingerprint density at radius 3 is 2.77 bits per heavy atom. The van der Waals surface area contributed by atoms with E-state index in [0.29, 0.717) is 0 Å². The van der Waals surface area contributed by atoms with E-state index in [1.54, 1.807) is 17.8 Å². The minimum Gasteiger partial charge on any atom is -0.508 e. The average molecular weight is 423 g/mol. The second-order valence-corrected chi connectivity index (χ2v) is 10.0. The third-order valence-corrected chi connectivity index (χ3v) is 6.74. The van der Waals surface area contributed by atoms with Gasteiger partial charge < -0.3 is 15.2 Å². The molecule has 5 heteroatoms. The number of nitrogens with zero attached hydrogens (tertiary/aromatic N) is 1. The molecule has 0 unspecified atom stereocenters. The van der Waals surface area contributed by atoms with Gasteiger partial charge in [-0.1, -0.05) is 42.1 Å². The van der Waals surface area contributed by atoms with E-state index >= 15 is 0 Å². The summed E-state index contributed by atoms with van der Waals surface area (Å²) in [5, 5.41) is 14.7. The van der Waals surface area contributed by atoms with Gasteiger partial charge in [0.2, 0.25) is 5.72 Å². The van der Waals surface area contributed by atoms with Gasteiger partial charge in [-0.3, -0.25) is 0 Å². The van der Waals surface area contributed by atoms with Crippen LogP contribution in [0.4, 0.5) is 0 Å². The standard InChI is InChI=1S/C25H30N2O2S/c1-6-11-30-23-26-24(4,5)15-25(27-23)14-20(19-10-8-7-9-16(19)2)22-17(3)12-18(28)13-21(22)29-25/h6-10,12-13,20,28H,1,11,14-15H2,2-5H3,(H,26,27)/t20-,25-/m1/s1. The van der Waals surface area contributed by atoms with E-state index in [-0.39, 0.29) is 17.2 Å². The van der Waals surface area contributed by atoms with Gasteiger partial charge in [-0.2, -0.15) is 0 Å². The van der Waals surface area contributed by atoms with Gasteiger partial charge >= 0.3 is 0 Å². The number of aryl methyl sites for hydroxylation is 2. The van der Waals surface area contributed by atoms with Crippen LogP contribution in [0.2, 0.25) is 0 Å². The number of thioether (sulfide) groups is 1. The first-order valence-corrected chi connectivity index (χ1v) is 11.4. The second-order valence-electron chi connectivity index (χ2n) is 9.04. The quantitative estimate of drug-likeness (QED) is 0.626. The van der Waals surface area contributed by atoms with Crippen LogP contribution in [0.3, 0.4) is 0 Å². The number of fused-ring (bicyclic) bond motifs is 1. The molecule has 0 radical (unpaired) electrons. The monoisotopic (exact) mass is 422 g/mol. The molecule has 2 N–H and O–H groups in total. The molecule has 0 bridgehead atoms. The fraction of sp³-hybridized carbons (Fsp3) is 0.400. The molecule has 0 aromatic heterocycles. The average Bonchev–Trinajstić information content (AvgIpc) is 2.64. The number of hydrogen-bond donors (Lipinski definition) is 2. The van der Waals surface area contributed by atoms with Crippen molar-refractivity contribution >= 4 is 16.9 Å². The highest BCUT2D eigenvalue weighted by Gasteiger charge is 2.48. The summed E-state index contributed by atoms with van der Waals surface area (Å²) in [5.41, 5.74) is 3.91. The molecule has 4 rings (SSSR count). The van der Waals surface area contributed by atoms with Gasteiger partial charge in [0, 0.05) is 41.7 Å². The lowest BCUT2D eigenvalue weighted by Crippen LogP contribution is -2.57. The molecule has 30 heavy (non-hydrogen) atoms. The highest BCUT2D eigenvalue weighted by molar-refractivity contribution is 8.13. The van der Waals surface area contributed by atoms with Crippen LogP contribution in [-0.4, -0.2) is 27.3 Å². The van der Waals surface area contributed by atoms with E-state index in [1.807, 2.05) is 19.1 Å². The number of aromatic hydroxyl groups is 1. The Kier molecular flexibility index (Phi) is 5.35. The highest BCUT2D eigenvalue weighted by Crippen LogP contribution is 2.51. The number of ether oxygens (including phenoxy) is 1. The van der Waals surface area contributed by atoms with Gasteiger partial charge in [0.15, 0.2) is 5.17 Å². The van der Waals surface area contributed by atoms with Crippen molar-refractivity contribution in [2.24, 2.45) is 4.99 Å². The summed E-state index contributed by atoms with van der Waals surface area (Å²) in [4.78, 5) is 5.09. The maximum absolute atomic E-state index is 10.3. The summed E-state index contributed by atoms with van der Waals surface area (Å²) >= 11 is 1.65. The molecule has 0 saturated carbocycles. The van der Waals surface area contributed by atoms with E-state index in [4.69, 9.17) is 9.73 Å². The molecule has 0 amide bonds. The maximum Gasteiger partial charge on any atom is 0.206 e. The van der Waals surface area contributed by atoms with E-state index in [9.17, 15) is 5.11 Å². The highest BCUT2D eigenvalue weighted by atomic mass is 32.2. The van der Waals surface area contributed by atoms with Gasteiger partial charge in [0.25, 0.3) is 0 Å². The molecule has 2 aliphatic heterocycles. The van der Waals surface area contributed by atoms with Crippen molar-refractivity contribution in [1.82, 2.24) is 5.32 Å². The summed E-state index contributed by atoms with van der Waals surface area (Å²) in [6.07, 6.45) is 3.39. The SMILES string of the molecule is C=CCSC1=N[C@@]2(C[C@H](c3ccccc3C)c3c(C)cc(O)cc3O2)CC(C)(C)N1. The predicted molar refractivity (Wildman–Crippen MR) is 126 cm³/mol. The van der Waals surface area contributed by atoms with Crippen LogP contribution in [0.25, 0.3) is 0 Å². The van der Waals surface area contributed by atoms with E-state index in [2.05, 4.69) is 56.9 Å². The van der Waals surface area contributed by atoms with Crippen LogP contribution in [0, 0.1) is 13.8 Å². The Bertz CT molecular complexity index is 1010. The van der Waals surface area contributed by atoms with Crippen molar-refractivity contribution in [2.75, 3.05) is 5.75 Å². The third-order valence-electron chi connectivity index (χ3n) is 5.88. The number of nitrogens with one attached hydrogen (secondary N) is 1. The zero-order valence-electron chi connectivity index (χ0n) is 18.2. The molecule has 2 aliphatic rings. The fourth-order valence-corrected chi connectivity index (χ4v) is 5.70. The van der Waals surface area contributed by atoms with Crippen molar-refractivity contribution in [3.05, 3.63) is 71.3 Å². The normalized spacial score (nSPS) is 24.4. The smallest absolute Gasteiger partial charge is 0.206 e. The van der Waals surface area contributed by atoms with Crippen LogP contribution in [-0.2, 0) is 0 Å². The third kappa shape index (κ3) is 3.95. The summed E-state index contributed by atoms with van der Waals surface area (Å²) in [5.74, 6) is 1.90. The van der Waals surface area contributed by atoms with Gasteiger partial charge in [0.1, 0.15) is 11.5 Å². The molecule has 2 aromatic rings. The molecule has 2 aromatic carbocycles. The predicted octanol–water partition coefficient (Wildman–Crippen LogP) is 5.67. The van der Waals surface area contributed by atoms with E-state index in [1.165, 1.54) is 11.1 Å². The Labute approximate surface area is 183 Å². The molecule has 0 saturated heterocycles. The Balaban J connectivity index is 1.87. The lowest BCUT2D eigenvalue weighted by molar-refractivity contribution is 0.0131. The molecule has 2 atom stereocenters. The van der Waals surface area contributed by atoms with Gasteiger partial charge in [-0.25, -0.2) is 4.99 Å². The summed E-state index contributed by atoms with van der Waals surface area (Å²) in [6.45, 7) is 12.4.